The van der Waals surface area contributed by atoms with Gasteiger partial charge in [-0.2, -0.15) is 0 Å². The molecule has 25 heavy (non-hydrogen) atoms. The van der Waals surface area contributed by atoms with Gasteiger partial charge in [-0.3, -0.25) is 0 Å². The number of hydrogen-bond acceptors (Lipinski definition) is 6. The molecule has 8 nitrogen and oxygen atoms in total. The minimum atomic E-state index is -3.62. The van der Waals surface area contributed by atoms with Crippen molar-refractivity contribution in [3.63, 3.8) is 0 Å². The van der Waals surface area contributed by atoms with E-state index in [1.54, 1.807) is 20.8 Å². The monoisotopic (exact) mass is 442 g/mol. The van der Waals surface area contributed by atoms with Crippen LogP contribution in [0.15, 0.2) is 0 Å². The minimum Gasteiger partial charge on any atom is -0.443 e. The van der Waals surface area contributed by atoms with E-state index in [4.69, 9.17) is 27.9 Å². The fourth-order valence-corrected chi connectivity index (χ4v) is 3.52. The van der Waals surface area contributed by atoms with Crippen LogP contribution in [-0.2, 0) is 24.8 Å². The summed E-state index contributed by atoms with van der Waals surface area (Å²) in [5, 5.41) is 0. The van der Waals surface area contributed by atoms with Crippen LogP contribution in [0.3, 0.4) is 0 Å². The maximum atomic E-state index is 11.6. The molecule has 0 aliphatic heterocycles. The van der Waals surface area contributed by atoms with Gasteiger partial charge in [0.25, 0.3) is 0 Å². The number of carbonyl (C=O) groups is 1. The van der Waals surface area contributed by atoms with Gasteiger partial charge in [0, 0.05) is 18.8 Å². The van der Waals surface area contributed by atoms with Gasteiger partial charge in [-0.25, -0.2) is 30.7 Å². The van der Waals surface area contributed by atoms with Crippen molar-refractivity contribution in [3.05, 3.63) is 0 Å². The lowest BCUT2D eigenvalue weighted by Gasteiger charge is -2.24. The Morgan fingerprint density at radius 2 is 1.48 bits per heavy atom. The first kappa shape index (κ1) is 26.9. The molecule has 0 aromatic rings. The molecule has 0 heterocycles. The molecule has 0 saturated heterocycles. The zero-order chi connectivity index (χ0) is 20.3. The van der Waals surface area contributed by atoms with Crippen LogP contribution in [0.1, 0.15) is 33.6 Å². The Hall–Kier alpha value is -0.290. The molecule has 0 unspecified atom stereocenters. The van der Waals surface area contributed by atoms with E-state index in [-0.39, 0.29) is 17.4 Å². The smallest absolute Gasteiger partial charge is 0.423 e. The standard InChI is InChI=1S/C9H18ClNO4S.C4H10ClNO2S/c1-9(2,3)15-8(12)11(4)16(13,14)7-5-6-10;1-6-9(7,8)4-2-3-5/h5-7H2,1-4H3;6H,2-4H2,1H3. The maximum Gasteiger partial charge on any atom is 0.423 e. The second-order valence-electron chi connectivity index (χ2n) is 5.87. The fraction of sp³-hybridized carbons (Fsp3) is 0.923. The average molecular weight is 443 g/mol. The van der Waals surface area contributed by atoms with Gasteiger partial charge in [0.2, 0.25) is 20.0 Å². The number of hydrogen-bond donors (Lipinski definition) is 1. The number of alkyl halides is 2. The van der Waals surface area contributed by atoms with Gasteiger partial charge in [-0.1, -0.05) is 0 Å². The quantitative estimate of drug-likeness (QED) is 0.575. The SMILES string of the molecule is CN(C(=O)OC(C)(C)C)S(=O)(=O)CCCCl.CNS(=O)(=O)CCCCl. The second kappa shape index (κ2) is 12.2. The highest BCUT2D eigenvalue weighted by atomic mass is 35.5. The van der Waals surface area contributed by atoms with Crippen LogP contribution in [0.25, 0.3) is 0 Å². The lowest BCUT2D eigenvalue weighted by atomic mass is 10.2. The van der Waals surface area contributed by atoms with Crippen LogP contribution in [-0.4, -0.2) is 70.2 Å². The summed E-state index contributed by atoms with van der Waals surface area (Å²) in [5.74, 6) is 0.585. The summed E-state index contributed by atoms with van der Waals surface area (Å²) in [6, 6.07) is 0. The predicted molar refractivity (Wildman–Crippen MR) is 101 cm³/mol. The number of carbonyl (C=O) groups excluding carboxylic acids is 1. The van der Waals surface area contributed by atoms with E-state index in [1.807, 2.05) is 0 Å². The van der Waals surface area contributed by atoms with Gasteiger partial charge >= 0.3 is 6.09 Å². The lowest BCUT2D eigenvalue weighted by molar-refractivity contribution is 0.0420. The molecule has 0 aliphatic rings. The zero-order valence-electron chi connectivity index (χ0n) is 15.2. The van der Waals surface area contributed by atoms with Gasteiger partial charge in [-0.05, 0) is 40.7 Å². The van der Waals surface area contributed by atoms with Crippen molar-refractivity contribution in [2.45, 2.75) is 39.2 Å². The Balaban J connectivity index is 0. The van der Waals surface area contributed by atoms with E-state index in [1.165, 1.54) is 14.1 Å². The first-order chi connectivity index (χ1) is 11.2. The van der Waals surface area contributed by atoms with Crippen molar-refractivity contribution in [3.8, 4) is 0 Å². The number of ether oxygens (including phenoxy) is 1. The van der Waals surface area contributed by atoms with Crippen LogP contribution in [0.5, 0.6) is 0 Å². The fourth-order valence-electron chi connectivity index (χ4n) is 1.16. The van der Waals surface area contributed by atoms with Crippen LogP contribution < -0.4 is 4.72 Å². The number of sulfonamides is 2. The average Bonchev–Trinajstić information content (AvgIpc) is 2.49. The number of nitrogens with one attached hydrogen (secondary N) is 1. The molecule has 0 radical (unpaired) electrons. The van der Waals surface area contributed by atoms with Crippen LogP contribution in [0.4, 0.5) is 4.79 Å². The largest absolute Gasteiger partial charge is 0.443 e. The summed E-state index contributed by atoms with van der Waals surface area (Å²) in [6.07, 6.45) is -0.0658. The molecule has 12 heteroatoms. The lowest BCUT2D eigenvalue weighted by Crippen LogP contribution is -2.39. The van der Waals surface area contributed by atoms with E-state index < -0.39 is 31.7 Å². The first-order valence-corrected chi connectivity index (χ1v) is 11.8. The van der Waals surface area contributed by atoms with Crippen LogP contribution in [0, 0.1) is 0 Å². The molecule has 0 spiro atoms. The minimum absolute atomic E-state index is 0.118. The summed E-state index contributed by atoms with van der Waals surface area (Å²) in [6.45, 7) is 5.01. The van der Waals surface area contributed by atoms with Crippen molar-refractivity contribution in [1.29, 1.82) is 0 Å². The highest BCUT2D eigenvalue weighted by Crippen LogP contribution is 2.12. The summed E-state index contributed by atoms with van der Waals surface area (Å²) < 4.78 is 52.1. The predicted octanol–water partition coefficient (Wildman–Crippen LogP) is 1.98. The number of halogens is 2. The molecular weight excluding hydrogens is 415 g/mol. The Labute approximate surface area is 161 Å². The number of rotatable bonds is 8. The molecule has 152 valence electrons. The summed E-state index contributed by atoms with van der Waals surface area (Å²) in [4.78, 5) is 11.5. The molecule has 0 saturated carbocycles. The topological polar surface area (TPSA) is 110 Å². The molecule has 0 aromatic heterocycles. The van der Waals surface area contributed by atoms with E-state index >= 15 is 0 Å². The third kappa shape index (κ3) is 14.6. The number of nitrogens with zero attached hydrogens (tertiary/aromatic N) is 1. The third-order valence-electron chi connectivity index (χ3n) is 2.46. The highest BCUT2D eigenvalue weighted by molar-refractivity contribution is 7.89. The molecule has 0 aliphatic carbocycles. The third-order valence-corrected chi connectivity index (χ3v) is 6.23. The normalized spacial score (nSPS) is 12.1. The van der Waals surface area contributed by atoms with E-state index in [0.29, 0.717) is 23.0 Å². The molecular formula is C13H28Cl2N2O6S2. The molecule has 0 aromatic carbocycles. The summed E-state index contributed by atoms with van der Waals surface area (Å²) in [5.41, 5.74) is -0.715. The summed E-state index contributed by atoms with van der Waals surface area (Å²) in [7, 11) is -4.07. The molecule has 1 amide bonds. The van der Waals surface area contributed by atoms with Crippen LogP contribution in [0.2, 0.25) is 0 Å². The van der Waals surface area contributed by atoms with Gasteiger partial charge in [-0.15, -0.1) is 23.2 Å². The Bertz CT molecular complexity index is 588. The van der Waals surface area contributed by atoms with Gasteiger partial charge in [0.15, 0.2) is 0 Å². The van der Waals surface area contributed by atoms with Gasteiger partial charge < -0.3 is 4.74 Å². The van der Waals surface area contributed by atoms with Crippen molar-refractivity contribution >= 4 is 49.3 Å². The molecule has 0 atom stereocenters. The van der Waals surface area contributed by atoms with E-state index in [2.05, 4.69) is 4.72 Å². The molecule has 1 N–H and O–H groups in total. The number of amides is 1. The Morgan fingerprint density at radius 1 is 1.04 bits per heavy atom. The van der Waals surface area contributed by atoms with Gasteiger partial charge in [0.05, 0.1) is 11.5 Å². The molecule has 0 rings (SSSR count). The summed E-state index contributed by atoms with van der Waals surface area (Å²) >= 11 is 10.7. The Morgan fingerprint density at radius 3 is 1.84 bits per heavy atom. The Kier molecular flexibility index (Phi) is 13.1. The van der Waals surface area contributed by atoms with Crippen molar-refractivity contribution in [2.75, 3.05) is 37.4 Å². The van der Waals surface area contributed by atoms with Crippen LogP contribution >= 0.6 is 23.2 Å². The van der Waals surface area contributed by atoms with Gasteiger partial charge in [0.1, 0.15) is 5.60 Å². The van der Waals surface area contributed by atoms with Crippen molar-refractivity contribution < 1.29 is 26.4 Å². The zero-order valence-corrected chi connectivity index (χ0v) is 18.4. The maximum absolute atomic E-state index is 11.6. The van der Waals surface area contributed by atoms with E-state index in [0.717, 1.165) is 0 Å². The van der Waals surface area contributed by atoms with Crippen molar-refractivity contribution in [1.82, 2.24) is 9.03 Å². The molecule has 0 bridgehead atoms. The second-order valence-corrected chi connectivity index (χ2v) is 10.8. The first-order valence-electron chi connectivity index (χ1n) is 7.45. The molecule has 0 fully saturated rings. The van der Waals surface area contributed by atoms with Crippen molar-refractivity contribution in [2.24, 2.45) is 0 Å². The van der Waals surface area contributed by atoms with E-state index in [9.17, 15) is 21.6 Å². The highest BCUT2D eigenvalue weighted by Gasteiger charge is 2.27.